The summed E-state index contributed by atoms with van der Waals surface area (Å²) in [6, 6.07) is 13.7. The van der Waals surface area contributed by atoms with E-state index in [0.29, 0.717) is 48.7 Å². The normalized spacial score (nSPS) is 20.1. The van der Waals surface area contributed by atoms with Gasteiger partial charge in [0.15, 0.2) is 5.54 Å². The van der Waals surface area contributed by atoms with E-state index in [1.807, 2.05) is 19.1 Å². The number of aliphatic hydroxyl groups excluding tert-OH is 1. The van der Waals surface area contributed by atoms with Gasteiger partial charge in [-0.3, -0.25) is 14.4 Å². The summed E-state index contributed by atoms with van der Waals surface area (Å²) in [4.78, 5) is 44.3. The second-order valence-electron chi connectivity index (χ2n) is 9.02. The van der Waals surface area contributed by atoms with Crippen LogP contribution in [0, 0.1) is 0 Å². The predicted molar refractivity (Wildman–Crippen MR) is 140 cm³/mol. The molecule has 0 radical (unpaired) electrons. The van der Waals surface area contributed by atoms with Gasteiger partial charge in [-0.15, -0.1) is 0 Å². The molecule has 0 unspecified atom stereocenters. The Kier molecular flexibility index (Phi) is 7.78. The first-order valence-corrected chi connectivity index (χ1v) is 12.5. The van der Waals surface area contributed by atoms with Crippen molar-refractivity contribution in [3.8, 4) is 5.75 Å². The van der Waals surface area contributed by atoms with E-state index in [9.17, 15) is 19.5 Å². The number of para-hydroxylation sites is 1. The number of aliphatic hydroxyl groups is 1. The number of anilines is 1. The number of rotatable bonds is 11. The molecule has 0 aliphatic carbocycles. The molecule has 8 nitrogen and oxygen atoms in total. The molecule has 1 atom stereocenters. The van der Waals surface area contributed by atoms with Gasteiger partial charge >= 0.3 is 0 Å². The van der Waals surface area contributed by atoms with Gasteiger partial charge in [0.1, 0.15) is 18.1 Å². The minimum absolute atomic E-state index is 0.116. The second kappa shape index (κ2) is 11.0. The molecule has 2 heterocycles. The standard InChI is InChI=1S/C29H32N2O6/c1-4-6-16-30-23-11-8-7-10-22(23)29(28(30)35)24(26(33)27(34)31(29)17-9-19-36-3)25(32)20-12-14-21(15-13-20)37-18-5-2/h5,7-8,10-15,32H,2,4,6,9,16-19H2,1,3H3/t29-/m1/s1. The molecule has 2 aromatic rings. The number of ketones is 1. The number of benzene rings is 2. The summed E-state index contributed by atoms with van der Waals surface area (Å²) in [5, 5.41) is 11.5. The van der Waals surface area contributed by atoms with Crippen LogP contribution in [-0.2, 0) is 24.7 Å². The molecule has 2 aromatic carbocycles. The number of fused-ring (bicyclic) bond motifs is 2. The van der Waals surface area contributed by atoms with E-state index in [1.165, 1.54) is 4.90 Å². The largest absolute Gasteiger partial charge is 0.507 e. The van der Waals surface area contributed by atoms with Crippen molar-refractivity contribution in [2.45, 2.75) is 31.7 Å². The highest BCUT2D eigenvalue weighted by atomic mass is 16.5. The smallest absolute Gasteiger partial charge is 0.296 e. The van der Waals surface area contributed by atoms with E-state index in [-0.39, 0.29) is 12.1 Å². The van der Waals surface area contributed by atoms with Crippen LogP contribution in [0.1, 0.15) is 37.3 Å². The number of likely N-dealkylation sites (tertiary alicyclic amines) is 1. The number of Topliss-reactive ketones (excluding diaryl/α,β-unsaturated/α-hetero) is 1. The lowest BCUT2D eigenvalue weighted by atomic mass is 9.82. The molecular weight excluding hydrogens is 472 g/mol. The van der Waals surface area contributed by atoms with Crippen molar-refractivity contribution >= 4 is 29.0 Å². The summed E-state index contributed by atoms with van der Waals surface area (Å²) in [6.45, 7) is 6.87. The van der Waals surface area contributed by atoms with Gasteiger partial charge in [-0.05, 0) is 43.2 Å². The molecule has 2 aliphatic rings. The van der Waals surface area contributed by atoms with Crippen LogP contribution in [0.5, 0.6) is 5.75 Å². The lowest BCUT2D eigenvalue weighted by molar-refractivity contribution is -0.143. The van der Waals surface area contributed by atoms with E-state index in [2.05, 4.69) is 6.58 Å². The molecule has 0 aromatic heterocycles. The molecule has 194 valence electrons. The average Bonchev–Trinajstić information content (AvgIpc) is 3.29. The number of hydrogen-bond acceptors (Lipinski definition) is 6. The Morgan fingerprint density at radius 1 is 1.05 bits per heavy atom. The van der Waals surface area contributed by atoms with E-state index < -0.39 is 28.9 Å². The van der Waals surface area contributed by atoms with Crippen molar-refractivity contribution in [2.75, 3.05) is 38.3 Å². The Morgan fingerprint density at radius 3 is 2.46 bits per heavy atom. The summed E-state index contributed by atoms with van der Waals surface area (Å²) in [5.74, 6) is -1.96. The monoisotopic (exact) mass is 504 g/mol. The van der Waals surface area contributed by atoms with Gasteiger partial charge in [-0.2, -0.15) is 0 Å². The minimum atomic E-state index is -1.76. The van der Waals surface area contributed by atoms with Gasteiger partial charge in [0, 0.05) is 37.9 Å². The van der Waals surface area contributed by atoms with Crippen LogP contribution in [0.3, 0.4) is 0 Å². The number of unbranched alkanes of at least 4 members (excludes halogenated alkanes) is 1. The molecule has 1 spiro atoms. The van der Waals surface area contributed by atoms with E-state index >= 15 is 0 Å². The van der Waals surface area contributed by atoms with Crippen LogP contribution < -0.4 is 9.64 Å². The van der Waals surface area contributed by atoms with Crippen LogP contribution in [0.2, 0.25) is 0 Å². The van der Waals surface area contributed by atoms with Crippen LogP contribution in [0.15, 0.2) is 66.8 Å². The Morgan fingerprint density at radius 2 is 1.78 bits per heavy atom. The fraction of sp³-hybridized carbons (Fsp3) is 0.345. The van der Waals surface area contributed by atoms with Crippen molar-refractivity contribution in [1.29, 1.82) is 0 Å². The summed E-state index contributed by atoms with van der Waals surface area (Å²) in [7, 11) is 1.55. The maximum atomic E-state index is 14.3. The lowest BCUT2D eigenvalue weighted by Gasteiger charge is -2.34. The zero-order valence-electron chi connectivity index (χ0n) is 21.2. The Hall–Kier alpha value is -3.91. The van der Waals surface area contributed by atoms with E-state index in [0.717, 1.165) is 12.8 Å². The van der Waals surface area contributed by atoms with Crippen molar-refractivity contribution in [3.05, 3.63) is 77.9 Å². The van der Waals surface area contributed by atoms with Crippen molar-refractivity contribution in [2.24, 2.45) is 0 Å². The molecule has 0 saturated carbocycles. The highest BCUT2D eigenvalue weighted by Gasteiger charge is 2.66. The first-order chi connectivity index (χ1) is 17.9. The van der Waals surface area contributed by atoms with E-state index in [4.69, 9.17) is 9.47 Å². The maximum absolute atomic E-state index is 14.3. The summed E-state index contributed by atoms with van der Waals surface area (Å²) in [5.41, 5.74) is -0.517. The number of carbonyl (C=O) groups excluding carboxylic acids is 3. The Bertz CT molecular complexity index is 1240. The SMILES string of the molecule is C=CCOc1ccc(C(O)=C2C(=O)C(=O)N(CCCOC)[C@@]23C(=O)N(CCCC)c2ccccc23)cc1. The molecule has 1 N–H and O–H groups in total. The third-order valence-corrected chi connectivity index (χ3v) is 6.77. The zero-order valence-corrected chi connectivity index (χ0v) is 21.2. The van der Waals surface area contributed by atoms with Gasteiger partial charge in [0.2, 0.25) is 0 Å². The van der Waals surface area contributed by atoms with Crippen molar-refractivity contribution in [1.82, 2.24) is 4.90 Å². The molecule has 8 heteroatoms. The predicted octanol–water partition coefficient (Wildman–Crippen LogP) is 4.01. The number of amides is 2. The van der Waals surface area contributed by atoms with Crippen LogP contribution in [0.25, 0.3) is 5.76 Å². The molecule has 1 saturated heterocycles. The maximum Gasteiger partial charge on any atom is 0.296 e. The Labute approximate surface area is 216 Å². The minimum Gasteiger partial charge on any atom is -0.507 e. The number of carbonyl (C=O) groups is 3. The van der Waals surface area contributed by atoms with Gasteiger partial charge in [0.25, 0.3) is 17.6 Å². The number of methoxy groups -OCH3 is 1. The zero-order chi connectivity index (χ0) is 26.6. The molecule has 2 amide bonds. The lowest BCUT2D eigenvalue weighted by Crippen LogP contribution is -2.52. The van der Waals surface area contributed by atoms with Crippen LogP contribution in [0.4, 0.5) is 5.69 Å². The highest BCUT2D eigenvalue weighted by Crippen LogP contribution is 2.53. The second-order valence-corrected chi connectivity index (χ2v) is 9.02. The molecule has 2 aliphatic heterocycles. The van der Waals surface area contributed by atoms with Crippen molar-refractivity contribution in [3.63, 3.8) is 0 Å². The van der Waals surface area contributed by atoms with Gasteiger partial charge < -0.3 is 24.4 Å². The summed E-state index contributed by atoms with van der Waals surface area (Å²) < 4.78 is 10.7. The molecular formula is C29H32N2O6. The first kappa shape index (κ1) is 26.2. The average molecular weight is 505 g/mol. The van der Waals surface area contributed by atoms with Crippen LogP contribution in [-0.4, -0.2) is 61.0 Å². The molecule has 0 bridgehead atoms. The van der Waals surface area contributed by atoms with Gasteiger partial charge in [-0.25, -0.2) is 0 Å². The van der Waals surface area contributed by atoms with Gasteiger partial charge in [-0.1, -0.05) is 44.2 Å². The Balaban J connectivity index is 1.92. The number of hydrogen-bond donors (Lipinski definition) is 1. The molecule has 37 heavy (non-hydrogen) atoms. The topological polar surface area (TPSA) is 96.4 Å². The third kappa shape index (κ3) is 4.31. The van der Waals surface area contributed by atoms with Crippen molar-refractivity contribution < 1.29 is 29.0 Å². The molecule has 4 rings (SSSR count). The number of nitrogens with zero attached hydrogens (tertiary/aromatic N) is 2. The molecule has 1 fully saturated rings. The van der Waals surface area contributed by atoms with Crippen LogP contribution >= 0.6 is 0 Å². The summed E-state index contributed by atoms with van der Waals surface area (Å²) >= 11 is 0. The fourth-order valence-electron chi connectivity index (χ4n) is 5.08. The quantitative estimate of drug-likeness (QED) is 0.163. The fourth-order valence-corrected chi connectivity index (χ4v) is 5.08. The number of ether oxygens (including phenoxy) is 2. The summed E-state index contributed by atoms with van der Waals surface area (Å²) in [6.07, 6.45) is 3.65. The van der Waals surface area contributed by atoms with E-state index in [1.54, 1.807) is 54.5 Å². The highest BCUT2D eigenvalue weighted by molar-refractivity contribution is 6.50. The van der Waals surface area contributed by atoms with Gasteiger partial charge in [0.05, 0.1) is 11.3 Å². The third-order valence-electron chi connectivity index (χ3n) is 6.77. The first-order valence-electron chi connectivity index (χ1n) is 12.5.